The molecule has 0 radical (unpaired) electrons. The van der Waals surface area contributed by atoms with E-state index in [1.807, 2.05) is 37.3 Å². The summed E-state index contributed by atoms with van der Waals surface area (Å²) >= 11 is 0. The van der Waals surface area contributed by atoms with Crippen molar-refractivity contribution in [3.05, 3.63) is 108 Å². The van der Waals surface area contributed by atoms with E-state index in [0.717, 1.165) is 17.0 Å². The summed E-state index contributed by atoms with van der Waals surface area (Å²) in [7, 11) is 0. The molecule has 0 fully saturated rings. The molecule has 0 aliphatic rings. The number of aryl methyl sites for hydroxylation is 1. The Bertz CT molecular complexity index is 1210. The molecule has 1 aromatic heterocycles. The minimum Gasteiger partial charge on any atom is -0.493 e. The molecule has 0 amide bonds. The number of ether oxygens (including phenoxy) is 1. The highest BCUT2D eigenvalue weighted by Crippen LogP contribution is 2.31. The number of carbonyl (C=O) groups is 1. The molecule has 3 aromatic carbocycles. The predicted molar refractivity (Wildman–Crippen MR) is 123 cm³/mol. The Morgan fingerprint density at radius 2 is 1.64 bits per heavy atom. The van der Waals surface area contributed by atoms with E-state index < -0.39 is 11.6 Å². The Hall–Kier alpha value is -3.93. The van der Waals surface area contributed by atoms with Gasteiger partial charge < -0.3 is 14.3 Å². The van der Waals surface area contributed by atoms with Gasteiger partial charge in [-0.2, -0.15) is 0 Å². The van der Waals surface area contributed by atoms with Crippen LogP contribution in [0.4, 0.5) is 4.39 Å². The maximum atomic E-state index is 15.3. The normalized spacial score (nSPS) is 12.8. The first-order valence-electron chi connectivity index (χ1n) is 10.7. The lowest BCUT2D eigenvalue weighted by Gasteiger charge is -2.21. The van der Waals surface area contributed by atoms with Gasteiger partial charge >= 0.3 is 5.97 Å². The second-order valence-corrected chi connectivity index (χ2v) is 7.78. The minimum absolute atomic E-state index is 0.121. The van der Waals surface area contributed by atoms with Crippen molar-refractivity contribution in [3.63, 3.8) is 0 Å². The molecule has 33 heavy (non-hydrogen) atoms. The maximum Gasteiger partial charge on any atom is 0.346 e. The lowest BCUT2D eigenvalue weighted by atomic mass is 9.89. The fraction of sp³-hybridized carbons (Fsp3) is 0.185. The van der Waals surface area contributed by atoms with Crippen LogP contribution in [0.2, 0.25) is 0 Å². The number of benzene rings is 3. The molecule has 0 saturated heterocycles. The van der Waals surface area contributed by atoms with E-state index >= 15 is 4.39 Å². The Kier molecular flexibility index (Phi) is 6.54. The van der Waals surface area contributed by atoms with Crippen LogP contribution in [-0.4, -0.2) is 22.7 Å². The first-order valence-corrected chi connectivity index (χ1v) is 10.7. The topological polar surface area (TPSA) is 72.6 Å². The van der Waals surface area contributed by atoms with Crippen molar-refractivity contribution in [2.45, 2.75) is 25.4 Å². The third-order valence-corrected chi connectivity index (χ3v) is 5.46. The first-order chi connectivity index (χ1) is 16.0. The number of alkyl halides is 1. The molecule has 0 saturated carbocycles. The summed E-state index contributed by atoms with van der Waals surface area (Å²) in [5, 5.41) is 9.51. The summed E-state index contributed by atoms with van der Waals surface area (Å²) in [6.45, 7) is 2.27. The van der Waals surface area contributed by atoms with Gasteiger partial charge in [-0.25, -0.2) is 14.2 Å². The standard InChI is InChI=1S/C27H24FNO4/c1-19-24(29-25(33-19)21-8-4-2-5-9-21)16-17-32-23-14-12-20(13-15-23)18-27(28,26(30)31)22-10-6-3-7-11-22/h2-15H,16-18H2,1H3,(H,30,31). The number of carboxylic acid groups (broad SMARTS) is 1. The van der Waals surface area contributed by atoms with E-state index in [1.54, 1.807) is 42.5 Å². The van der Waals surface area contributed by atoms with Crippen LogP contribution in [0.1, 0.15) is 22.6 Å². The largest absolute Gasteiger partial charge is 0.493 e. The van der Waals surface area contributed by atoms with Gasteiger partial charge in [0.2, 0.25) is 11.6 Å². The number of aromatic nitrogens is 1. The van der Waals surface area contributed by atoms with Crippen molar-refractivity contribution in [1.82, 2.24) is 4.98 Å². The molecule has 168 valence electrons. The van der Waals surface area contributed by atoms with Crippen molar-refractivity contribution in [3.8, 4) is 17.2 Å². The number of aliphatic carboxylic acids is 1. The Balaban J connectivity index is 1.37. The molecule has 6 heteroatoms. The van der Waals surface area contributed by atoms with Crippen LogP contribution in [-0.2, 0) is 23.3 Å². The zero-order valence-corrected chi connectivity index (χ0v) is 18.2. The summed E-state index contributed by atoms with van der Waals surface area (Å²) < 4.78 is 26.9. The summed E-state index contributed by atoms with van der Waals surface area (Å²) in [6, 6.07) is 24.5. The summed E-state index contributed by atoms with van der Waals surface area (Å²) in [5.74, 6) is 0.440. The van der Waals surface area contributed by atoms with Crippen LogP contribution >= 0.6 is 0 Å². The van der Waals surface area contributed by atoms with Crippen LogP contribution in [0, 0.1) is 6.92 Å². The summed E-state index contributed by atoms with van der Waals surface area (Å²) in [6.07, 6.45) is 0.303. The SMILES string of the molecule is Cc1oc(-c2ccccc2)nc1CCOc1ccc(CC(F)(C(=O)O)c2ccccc2)cc1. The van der Waals surface area contributed by atoms with Gasteiger partial charge in [0.25, 0.3) is 0 Å². The van der Waals surface area contributed by atoms with Crippen LogP contribution in [0.25, 0.3) is 11.5 Å². The van der Waals surface area contributed by atoms with Crippen molar-refractivity contribution in [2.24, 2.45) is 0 Å². The van der Waals surface area contributed by atoms with Crippen molar-refractivity contribution in [2.75, 3.05) is 6.61 Å². The van der Waals surface area contributed by atoms with Gasteiger partial charge in [0.05, 0.1) is 12.3 Å². The molecule has 0 aliphatic carbocycles. The molecule has 1 N–H and O–H groups in total. The number of oxazole rings is 1. The number of nitrogens with zero attached hydrogens (tertiary/aromatic N) is 1. The molecule has 1 unspecified atom stereocenters. The number of halogens is 1. The predicted octanol–water partition coefficient (Wildman–Crippen LogP) is 5.76. The molecule has 4 aromatic rings. The van der Waals surface area contributed by atoms with Gasteiger partial charge in [0, 0.05) is 24.0 Å². The van der Waals surface area contributed by atoms with E-state index in [2.05, 4.69) is 4.98 Å². The maximum absolute atomic E-state index is 15.3. The van der Waals surface area contributed by atoms with Gasteiger partial charge in [-0.1, -0.05) is 60.7 Å². The number of hydrogen-bond donors (Lipinski definition) is 1. The lowest BCUT2D eigenvalue weighted by molar-refractivity contribution is -0.151. The molecule has 0 bridgehead atoms. The Morgan fingerprint density at radius 1 is 1.00 bits per heavy atom. The molecular formula is C27H24FNO4. The van der Waals surface area contributed by atoms with Crippen molar-refractivity contribution >= 4 is 5.97 Å². The highest BCUT2D eigenvalue weighted by Gasteiger charge is 2.40. The van der Waals surface area contributed by atoms with Gasteiger partial charge in [0.1, 0.15) is 11.5 Å². The third-order valence-electron chi connectivity index (χ3n) is 5.46. The highest BCUT2D eigenvalue weighted by molar-refractivity contribution is 5.79. The van der Waals surface area contributed by atoms with Crippen LogP contribution < -0.4 is 4.74 Å². The third kappa shape index (κ3) is 5.12. The smallest absolute Gasteiger partial charge is 0.346 e. The lowest BCUT2D eigenvalue weighted by Crippen LogP contribution is -2.33. The van der Waals surface area contributed by atoms with E-state index in [4.69, 9.17) is 9.15 Å². The van der Waals surface area contributed by atoms with E-state index in [-0.39, 0.29) is 12.0 Å². The molecule has 5 nitrogen and oxygen atoms in total. The first kappa shape index (κ1) is 22.3. The average molecular weight is 445 g/mol. The van der Waals surface area contributed by atoms with Crippen LogP contribution in [0.5, 0.6) is 5.75 Å². The second kappa shape index (κ2) is 9.69. The summed E-state index contributed by atoms with van der Waals surface area (Å²) in [5.41, 5.74) is -0.0577. The quantitative estimate of drug-likeness (QED) is 0.354. The number of hydrogen-bond acceptors (Lipinski definition) is 4. The Morgan fingerprint density at radius 3 is 2.27 bits per heavy atom. The molecule has 0 spiro atoms. The van der Waals surface area contributed by atoms with Crippen LogP contribution in [0.15, 0.2) is 89.3 Å². The minimum atomic E-state index is -2.50. The average Bonchev–Trinajstić information content (AvgIpc) is 3.21. The molecule has 0 aliphatic heterocycles. The second-order valence-electron chi connectivity index (χ2n) is 7.78. The van der Waals surface area contributed by atoms with E-state index in [0.29, 0.717) is 30.2 Å². The van der Waals surface area contributed by atoms with Crippen molar-refractivity contribution < 1.29 is 23.4 Å². The monoisotopic (exact) mass is 445 g/mol. The Labute approximate surface area is 191 Å². The zero-order valence-electron chi connectivity index (χ0n) is 18.2. The van der Waals surface area contributed by atoms with Gasteiger partial charge in [-0.3, -0.25) is 0 Å². The molecular weight excluding hydrogens is 421 g/mol. The van der Waals surface area contributed by atoms with Crippen molar-refractivity contribution in [1.29, 1.82) is 0 Å². The fourth-order valence-electron chi connectivity index (χ4n) is 3.62. The molecule has 1 atom stereocenters. The molecule has 4 rings (SSSR count). The fourth-order valence-corrected chi connectivity index (χ4v) is 3.62. The number of rotatable bonds is 9. The van der Waals surface area contributed by atoms with Gasteiger partial charge in [-0.15, -0.1) is 0 Å². The van der Waals surface area contributed by atoms with E-state index in [1.165, 1.54) is 12.1 Å². The van der Waals surface area contributed by atoms with Gasteiger partial charge in [-0.05, 0) is 36.8 Å². The van der Waals surface area contributed by atoms with E-state index in [9.17, 15) is 9.90 Å². The van der Waals surface area contributed by atoms with Gasteiger partial charge in [0.15, 0.2) is 0 Å². The number of carboxylic acids is 1. The highest BCUT2D eigenvalue weighted by atomic mass is 19.1. The molecule has 1 heterocycles. The zero-order chi connectivity index (χ0) is 23.3. The summed E-state index contributed by atoms with van der Waals surface area (Å²) in [4.78, 5) is 16.2. The van der Waals surface area contributed by atoms with Crippen LogP contribution in [0.3, 0.4) is 0 Å².